The summed E-state index contributed by atoms with van der Waals surface area (Å²) in [6.45, 7) is 5.47. The largest absolute Gasteiger partial charge is 0.488 e. The van der Waals surface area contributed by atoms with Gasteiger partial charge in [-0.3, -0.25) is 0 Å². The Hall–Kier alpha value is -1.36. The molecule has 4 nitrogen and oxygen atoms in total. The standard InChI is InChI=1S/C20H26O4/c1-3-21-20(24-18-9-4-5-10-22-18)16-12-13(2)11-15-14-7-6-8-17(14)23-19(15)16/h6-7,11-12,14,17-18,20H,3-5,8-10H2,1-2H3/t14-,17-,18?,20?/m1/s1. The normalized spacial score (nSPS) is 29.2. The highest BCUT2D eigenvalue weighted by atomic mass is 16.8. The van der Waals surface area contributed by atoms with Crippen molar-refractivity contribution in [1.29, 1.82) is 0 Å². The van der Waals surface area contributed by atoms with Crippen LogP contribution in [-0.4, -0.2) is 25.6 Å². The van der Waals surface area contributed by atoms with Crippen LogP contribution in [0.15, 0.2) is 24.3 Å². The molecule has 2 heterocycles. The Bertz CT molecular complexity index is 618. The number of hydrogen-bond donors (Lipinski definition) is 0. The zero-order valence-electron chi connectivity index (χ0n) is 14.5. The molecule has 0 N–H and O–H groups in total. The second-order valence-corrected chi connectivity index (χ2v) is 6.84. The molecule has 130 valence electrons. The van der Waals surface area contributed by atoms with Crippen LogP contribution in [0.3, 0.4) is 0 Å². The van der Waals surface area contributed by atoms with Crippen molar-refractivity contribution in [3.8, 4) is 5.75 Å². The molecule has 4 heteroatoms. The maximum atomic E-state index is 6.27. The van der Waals surface area contributed by atoms with Crippen molar-refractivity contribution in [3.05, 3.63) is 41.0 Å². The fraction of sp³-hybridized carbons (Fsp3) is 0.600. The van der Waals surface area contributed by atoms with E-state index in [-0.39, 0.29) is 12.4 Å². The van der Waals surface area contributed by atoms with Crippen LogP contribution in [0.4, 0.5) is 0 Å². The molecule has 24 heavy (non-hydrogen) atoms. The van der Waals surface area contributed by atoms with Crippen molar-refractivity contribution < 1.29 is 18.9 Å². The van der Waals surface area contributed by atoms with Crippen molar-refractivity contribution in [1.82, 2.24) is 0 Å². The predicted octanol–water partition coefficient (Wildman–Crippen LogP) is 4.38. The molecule has 2 unspecified atom stereocenters. The molecular formula is C20H26O4. The van der Waals surface area contributed by atoms with Gasteiger partial charge in [-0.1, -0.05) is 23.8 Å². The Morgan fingerprint density at radius 2 is 2.21 bits per heavy atom. The van der Waals surface area contributed by atoms with E-state index in [0.717, 1.165) is 43.6 Å². The maximum absolute atomic E-state index is 6.27. The minimum Gasteiger partial charge on any atom is -0.488 e. The van der Waals surface area contributed by atoms with Gasteiger partial charge < -0.3 is 18.9 Å². The van der Waals surface area contributed by atoms with Gasteiger partial charge in [0.1, 0.15) is 11.9 Å². The van der Waals surface area contributed by atoms with E-state index in [1.54, 1.807) is 0 Å². The molecule has 0 amide bonds. The molecule has 0 radical (unpaired) electrons. The van der Waals surface area contributed by atoms with E-state index in [9.17, 15) is 0 Å². The minimum atomic E-state index is -0.436. The molecule has 1 saturated heterocycles. The number of fused-ring (bicyclic) bond motifs is 3. The Balaban J connectivity index is 1.64. The van der Waals surface area contributed by atoms with Gasteiger partial charge in [0.05, 0.1) is 5.56 Å². The monoisotopic (exact) mass is 330 g/mol. The Kier molecular flexibility index (Phi) is 4.61. The van der Waals surface area contributed by atoms with E-state index < -0.39 is 6.29 Å². The van der Waals surface area contributed by atoms with Crippen LogP contribution in [0.25, 0.3) is 0 Å². The van der Waals surface area contributed by atoms with Gasteiger partial charge in [-0.2, -0.15) is 0 Å². The van der Waals surface area contributed by atoms with Gasteiger partial charge in [-0.25, -0.2) is 0 Å². The zero-order valence-corrected chi connectivity index (χ0v) is 14.5. The number of benzene rings is 1. The summed E-state index contributed by atoms with van der Waals surface area (Å²) in [4.78, 5) is 0. The molecule has 1 aliphatic carbocycles. The molecule has 1 aromatic rings. The zero-order chi connectivity index (χ0) is 16.5. The molecule has 1 fully saturated rings. The lowest BCUT2D eigenvalue weighted by molar-refractivity contribution is -0.258. The van der Waals surface area contributed by atoms with Gasteiger partial charge in [0, 0.05) is 31.1 Å². The average Bonchev–Trinajstić information content (AvgIpc) is 3.17. The third-order valence-electron chi connectivity index (χ3n) is 5.02. The lowest BCUT2D eigenvalue weighted by atomic mass is 9.94. The Morgan fingerprint density at radius 3 is 3.00 bits per heavy atom. The first-order chi connectivity index (χ1) is 11.8. The average molecular weight is 330 g/mol. The summed E-state index contributed by atoms with van der Waals surface area (Å²) in [6, 6.07) is 4.37. The Morgan fingerprint density at radius 1 is 1.29 bits per heavy atom. The fourth-order valence-corrected chi connectivity index (χ4v) is 3.91. The van der Waals surface area contributed by atoms with Gasteiger partial charge in [-0.05, 0) is 39.2 Å². The summed E-state index contributed by atoms with van der Waals surface area (Å²) >= 11 is 0. The lowest BCUT2D eigenvalue weighted by Gasteiger charge is -2.28. The summed E-state index contributed by atoms with van der Waals surface area (Å²) < 4.78 is 24.1. The van der Waals surface area contributed by atoms with Gasteiger partial charge >= 0.3 is 0 Å². The summed E-state index contributed by atoms with van der Waals surface area (Å²) in [5, 5.41) is 0. The van der Waals surface area contributed by atoms with Gasteiger partial charge in [0.25, 0.3) is 0 Å². The molecule has 4 atom stereocenters. The first kappa shape index (κ1) is 16.1. The smallest absolute Gasteiger partial charge is 0.190 e. The van der Waals surface area contributed by atoms with Gasteiger partial charge in [0.15, 0.2) is 12.6 Å². The third kappa shape index (κ3) is 2.99. The molecule has 1 aromatic carbocycles. The number of rotatable bonds is 5. The van der Waals surface area contributed by atoms with E-state index in [0.29, 0.717) is 12.5 Å². The molecule has 3 aliphatic rings. The first-order valence-corrected chi connectivity index (χ1v) is 9.12. The van der Waals surface area contributed by atoms with Crippen LogP contribution in [0.1, 0.15) is 61.5 Å². The Labute approximate surface area is 143 Å². The SMILES string of the molecule is CCOC(OC1CCCCO1)c1cc(C)cc2c1O[C@@H]1CC=C[C@H]21. The van der Waals surface area contributed by atoms with Crippen LogP contribution in [-0.2, 0) is 14.2 Å². The summed E-state index contributed by atoms with van der Waals surface area (Å²) in [6.07, 6.45) is 8.23. The maximum Gasteiger partial charge on any atom is 0.190 e. The van der Waals surface area contributed by atoms with E-state index in [1.165, 1.54) is 11.1 Å². The molecule has 0 bridgehead atoms. The number of ether oxygens (including phenoxy) is 4. The summed E-state index contributed by atoms with van der Waals surface area (Å²) in [5.41, 5.74) is 3.48. The van der Waals surface area contributed by atoms with Crippen molar-refractivity contribution >= 4 is 0 Å². The van der Waals surface area contributed by atoms with Crippen molar-refractivity contribution in [2.45, 2.75) is 64.1 Å². The predicted molar refractivity (Wildman–Crippen MR) is 91.1 cm³/mol. The second-order valence-electron chi connectivity index (χ2n) is 6.84. The highest BCUT2D eigenvalue weighted by Crippen LogP contribution is 2.48. The quantitative estimate of drug-likeness (QED) is 0.593. The summed E-state index contributed by atoms with van der Waals surface area (Å²) in [7, 11) is 0. The highest BCUT2D eigenvalue weighted by molar-refractivity contribution is 5.53. The lowest BCUT2D eigenvalue weighted by Crippen LogP contribution is -2.26. The molecular weight excluding hydrogens is 304 g/mol. The topological polar surface area (TPSA) is 36.9 Å². The van der Waals surface area contributed by atoms with E-state index >= 15 is 0 Å². The summed E-state index contributed by atoms with van der Waals surface area (Å²) in [5.74, 6) is 1.32. The minimum absolute atomic E-state index is 0.188. The van der Waals surface area contributed by atoms with Crippen LogP contribution in [0.2, 0.25) is 0 Å². The van der Waals surface area contributed by atoms with Crippen LogP contribution < -0.4 is 4.74 Å². The fourth-order valence-electron chi connectivity index (χ4n) is 3.91. The molecule has 4 rings (SSSR count). The first-order valence-electron chi connectivity index (χ1n) is 9.12. The molecule has 0 saturated carbocycles. The number of aryl methyl sites for hydroxylation is 1. The van der Waals surface area contributed by atoms with Crippen LogP contribution in [0.5, 0.6) is 5.75 Å². The van der Waals surface area contributed by atoms with Gasteiger partial charge in [-0.15, -0.1) is 0 Å². The van der Waals surface area contributed by atoms with Crippen molar-refractivity contribution in [3.63, 3.8) is 0 Å². The third-order valence-corrected chi connectivity index (χ3v) is 5.02. The van der Waals surface area contributed by atoms with Crippen molar-refractivity contribution in [2.75, 3.05) is 13.2 Å². The van der Waals surface area contributed by atoms with E-state index in [4.69, 9.17) is 18.9 Å². The van der Waals surface area contributed by atoms with Crippen molar-refractivity contribution in [2.24, 2.45) is 0 Å². The highest BCUT2D eigenvalue weighted by Gasteiger charge is 2.38. The molecule has 0 aromatic heterocycles. The second kappa shape index (κ2) is 6.87. The van der Waals surface area contributed by atoms with E-state index in [2.05, 4.69) is 31.2 Å². The van der Waals surface area contributed by atoms with E-state index in [1.807, 2.05) is 6.92 Å². The van der Waals surface area contributed by atoms with Crippen LogP contribution in [0, 0.1) is 6.92 Å². The molecule has 0 spiro atoms. The number of hydrogen-bond acceptors (Lipinski definition) is 4. The van der Waals surface area contributed by atoms with Crippen LogP contribution >= 0.6 is 0 Å². The van der Waals surface area contributed by atoms with Gasteiger partial charge in [0.2, 0.25) is 0 Å². The molecule has 2 aliphatic heterocycles.